The van der Waals surface area contributed by atoms with E-state index in [2.05, 4.69) is 10.6 Å². The zero-order chi connectivity index (χ0) is 20.0. The fourth-order valence-corrected chi connectivity index (χ4v) is 3.83. The number of fused-ring (bicyclic) bond motifs is 3. The molecule has 2 aromatic carbocycles. The summed E-state index contributed by atoms with van der Waals surface area (Å²) in [5.74, 6) is 0.718. The van der Waals surface area contributed by atoms with Crippen molar-refractivity contribution in [1.82, 2.24) is 10.2 Å². The van der Waals surface area contributed by atoms with Gasteiger partial charge in [0.15, 0.2) is 17.0 Å². The first-order valence-corrected chi connectivity index (χ1v) is 9.13. The van der Waals surface area contributed by atoms with Crippen LogP contribution < -0.4 is 24.8 Å². The quantitative estimate of drug-likeness (QED) is 0.765. The van der Waals surface area contributed by atoms with Crippen molar-refractivity contribution in [3.8, 4) is 17.2 Å². The van der Waals surface area contributed by atoms with Gasteiger partial charge in [0.05, 0.1) is 6.61 Å². The molecule has 0 aliphatic carbocycles. The second-order valence-electron chi connectivity index (χ2n) is 6.94. The molecule has 0 saturated carbocycles. The summed E-state index contributed by atoms with van der Waals surface area (Å²) in [7, 11) is 0. The van der Waals surface area contributed by atoms with Crippen LogP contribution in [0.3, 0.4) is 0 Å². The summed E-state index contributed by atoms with van der Waals surface area (Å²) in [6.45, 7) is 0.0204. The Morgan fingerprint density at radius 2 is 1.90 bits per heavy atom. The number of anilines is 1. The van der Waals surface area contributed by atoms with Crippen molar-refractivity contribution >= 4 is 23.5 Å². The Morgan fingerprint density at radius 3 is 2.79 bits per heavy atom. The lowest BCUT2D eigenvalue weighted by Gasteiger charge is -2.33. The number of benzene rings is 2. The van der Waals surface area contributed by atoms with Gasteiger partial charge < -0.3 is 24.8 Å². The molecule has 9 heteroatoms. The van der Waals surface area contributed by atoms with Crippen LogP contribution in [0.25, 0.3) is 0 Å². The number of nitrogens with zero attached hydrogens (tertiary/aromatic N) is 1. The largest absolute Gasteiger partial charge is 0.493 e. The van der Waals surface area contributed by atoms with Gasteiger partial charge in [-0.1, -0.05) is 18.2 Å². The van der Waals surface area contributed by atoms with Crippen LogP contribution in [0.5, 0.6) is 17.2 Å². The minimum Gasteiger partial charge on any atom is -0.493 e. The van der Waals surface area contributed by atoms with Crippen LogP contribution in [-0.2, 0) is 15.1 Å². The molecular weight excluding hydrogens is 378 g/mol. The van der Waals surface area contributed by atoms with Crippen LogP contribution in [0.2, 0.25) is 0 Å². The van der Waals surface area contributed by atoms with E-state index < -0.39 is 29.9 Å². The smallest absolute Gasteiger partial charge is 0.325 e. The number of nitrogens with one attached hydrogen (secondary N) is 2. The Labute approximate surface area is 165 Å². The van der Waals surface area contributed by atoms with Gasteiger partial charge in [-0.3, -0.25) is 14.5 Å². The molecule has 1 spiro atoms. The number of hydrogen-bond acceptors (Lipinski definition) is 6. The van der Waals surface area contributed by atoms with Crippen molar-refractivity contribution in [3.63, 3.8) is 0 Å². The van der Waals surface area contributed by atoms with Crippen molar-refractivity contribution in [2.75, 3.05) is 25.3 Å². The Bertz CT molecular complexity index is 1040. The highest BCUT2D eigenvalue weighted by Gasteiger charge is 2.55. The second-order valence-corrected chi connectivity index (χ2v) is 6.94. The molecule has 2 aromatic rings. The molecule has 1 fully saturated rings. The molecule has 5 rings (SSSR count). The van der Waals surface area contributed by atoms with Crippen LogP contribution in [0.4, 0.5) is 10.5 Å². The van der Waals surface area contributed by atoms with Crippen LogP contribution >= 0.6 is 0 Å². The maximum atomic E-state index is 13.2. The number of ether oxygens (including phenoxy) is 3. The van der Waals surface area contributed by atoms with Gasteiger partial charge in [0.25, 0.3) is 5.91 Å². The Balaban J connectivity index is 1.34. The summed E-state index contributed by atoms with van der Waals surface area (Å²) >= 11 is 0. The van der Waals surface area contributed by atoms with Gasteiger partial charge in [0, 0.05) is 23.7 Å². The van der Waals surface area contributed by atoms with Gasteiger partial charge >= 0.3 is 6.03 Å². The second kappa shape index (κ2) is 6.40. The molecule has 0 unspecified atom stereocenters. The predicted octanol–water partition coefficient (Wildman–Crippen LogP) is 1.58. The van der Waals surface area contributed by atoms with Crippen molar-refractivity contribution in [3.05, 3.63) is 48.0 Å². The van der Waals surface area contributed by atoms with E-state index in [1.807, 2.05) is 0 Å². The zero-order valence-electron chi connectivity index (χ0n) is 15.3. The first kappa shape index (κ1) is 17.4. The van der Waals surface area contributed by atoms with E-state index in [4.69, 9.17) is 14.2 Å². The van der Waals surface area contributed by atoms with E-state index in [0.717, 1.165) is 4.90 Å². The van der Waals surface area contributed by atoms with Crippen LogP contribution in [0.1, 0.15) is 12.0 Å². The molecule has 4 amide bonds. The molecule has 1 saturated heterocycles. The minimum absolute atomic E-state index is 0.127. The predicted molar refractivity (Wildman–Crippen MR) is 99.7 cm³/mol. The number of carbonyl (C=O) groups excluding carboxylic acids is 3. The van der Waals surface area contributed by atoms with E-state index in [9.17, 15) is 14.4 Å². The lowest BCUT2D eigenvalue weighted by atomic mass is 9.84. The molecule has 9 nitrogen and oxygen atoms in total. The minimum atomic E-state index is -1.20. The topological polar surface area (TPSA) is 106 Å². The first-order valence-electron chi connectivity index (χ1n) is 9.13. The number of urea groups is 1. The van der Waals surface area contributed by atoms with Crippen LogP contribution in [0.15, 0.2) is 42.5 Å². The maximum Gasteiger partial charge on any atom is 0.325 e. The average Bonchev–Trinajstić information content (AvgIpc) is 3.27. The Hall–Kier alpha value is -3.75. The van der Waals surface area contributed by atoms with Crippen molar-refractivity contribution in [2.24, 2.45) is 0 Å². The molecule has 0 bridgehead atoms. The molecule has 3 heterocycles. The number of para-hydroxylation sites is 1. The van der Waals surface area contributed by atoms with E-state index in [-0.39, 0.29) is 6.79 Å². The summed E-state index contributed by atoms with van der Waals surface area (Å²) in [5, 5.41) is 5.45. The van der Waals surface area contributed by atoms with Gasteiger partial charge in [0.2, 0.25) is 12.7 Å². The fraction of sp³-hybridized carbons (Fsp3) is 0.250. The van der Waals surface area contributed by atoms with Crippen molar-refractivity contribution < 1.29 is 28.6 Å². The molecular formula is C20H17N3O6. The van der Waals surface area contributed by atoms with Crippen LogP contribution in [-0.4, -0.2) is 42.7 Å². The van der Waals surface area contributed by atoms with E-state index >= 15 is 0 Å². The van der Waals surface area contributed by atoms with E-state index in [1.54, 1.807) is 42.5 Å². The Kier molecular flexibility index (Phi) is 3.83. The third-order valence-corrected chi connectivity index (χ3v) is 5.22. The monoisotopic (exact) mass is 395 g/mol. The summed E-state index contributed by atoms with van der Waals surface area (Å²) in [6, 6.07) is 11.5. The highest BCUT2D eigenvalue weighted by atomic mass is 16.7. The third kappa shape index (κ3) is 2.74. The molecule has 1 atom stereocenters. The number of amides is 4. The normalized spacial score (nSPS) is 21.6. The molecule has 0 radical (unpaired) electrons. The number of hydrogen-bond donors (Lipinski definition) is 2. The summed E-state index contributed by atoms with van der Waals surface area (Å²) in [6.07, 6.45) is 0.300. The first-order chi connectivity index (χ1) is 14.1. The highest BCUT2D eigenvalue weighted by molar-refractivity contribution is 6.10. The number of imide groups is 1. The van der Waals surface area contributed by atoms with Gasteiger partial charge in [-0.25, -0.2) is 4.79 Å². The lowest BCUT2D eigenvalue weighted by molar-refractivity contribution is -0.135. The lowest BCUT2D eigenvalue weighted by Crippen LogP contribution is -2.48. The molecule has 29 heavy (non-hydrogen) atoms. The zero-order valence-corrected chi connectivity index (χ0v) is 15.3. The van der Waals surface area contributed by atoms with Crippen molar-refractivity contribution in [1.29, 1.82) is 0 Å². The molecule has 3 aliphatic rings. The fourth-order valence-electron chi connectivity index (χ4n) is 3.83. The van der Waals surface area contributed by atoms with E-state index in [0.29, 0.717) is 41.5 Å². The summed E-state index contributed by atoms with van der Waals surface area (Å²) in [4.78, 5) is 39.1. The van der Waals surface area contributed by atoms with Gasteiger partial charge in [-0.05, 0) is 18.2 Å². The van der Waals surface area contributed by atoms with Gasteiger partial charge in [0.1, 0.15) is 12.3 Å². The molecule has 2 N–H and O–H groups in total. The standard InChI is InChI=1S/C20H17N3O6/c24-17(21-12-5-6-15-16(9-12)29-11-28-15)10-23-18(25)20(22-19(23)26)7-8-27-14-4-2-1-3-13(14)20/h1-6,9H,7-8,10-11H2,(H,21,24)(H,22,26)/t20-/m1/s1. The van der Waals surface area contributed by atoms with Gasteiger partial charge in [-0.15, -0.1) is 0 Å². The highest BCUT2D eigenvalue weighted by Crippen LogP contribution is 2.41. The average molecular weight is 395 g/mol. The maximum absolute atomic E-state index is 13.2. The number of carbonyl (C=O) groups is 3. The van der Waals surface area contributed by atoms with E-state index in [1.165, 1.54) is 0 Å². The van der Waals surface area contributed by atoms with Crippen molar-refractivity contribution in [2.45, 2.75) is 12.0 Å². The third-order valence-electron chi connectivity index (χ3n) is 5.22. The van der Waals surface area contributed by atoms with Crippen LogP contribution in [0, 0.1) is 0 Å². The SMILES string of the molecule is O=C(CN1C(=O)N[C@@]2(CCOc3ccccc32)C1=O)Nc1ccc2c(c1)OCO2. The number of rotatable bonds is 3. The summed E-state index contributed by atoms with van der Waals surface area (Å²) in [5.41, 5.74) is -0.119. The molecule has 148 valence electrons. The molecule has 0 aromatic heterocycles. The van der Waals surface area contributed by atoms with Gasteiger partial charge in [-0.2, -0.15) is 0 Å². The summed E-state index contributed by atoms with van der Waals surface area (Å²) < 4.78 is 16.1. The Morgan fingerprint density at radius 1 is 1.07 bits per heavy atom. The molecule has 3 aliphatic heterocycles.